The maximum Gasteiger partial charge on any atom is 0.129 e. The summed E-state index contributed by atoms with van der Waals surface area (Å²) in [5.74, 6) is -0.480. The van der Waals surface area contributed by atoms with Gasteiger partial charge in [-0.2, -0.15) is 0 Å². The van der Waals surface area contributed by atoms with Crippen molar-refractivity contribution in [1.29, 1.82) is 0 Å². The van der Waals surface area contributed by atoms with Gasteiger partial charge in [-0.1, -0.05) is 18.2 Å². The van der Waals surface area contributed by atoms with Crippen LogP contribution in [0.4, 0.5) is 4.39 Å². The molecule has 1 aromatic carbocycles. The Kier molecular flexibility index (Phi) is 2.94. The topological polar surface area (TPSA) is 37.3 Å². The normalized spacial score (nSPS) is 12.5. The summed E-state index contributed by atoms with van der Waals surface area (Å²) in [5.41, 5.74) is 0.171. The zero-order valence-corrected chi connectivity index (χ0v) is 6.40. The van der Waals surface area contributed by atoms with Crippen LogP contribution in [0.5, 0.6) is 0 Å². The predicted octanol–water partition coefficient (Wildman–Crippen LogP) is 1.45. The molecule has 12 heavy (non-hydrogen) atoms. The van der Waals surface area contributed by atoms with E-state index in [0.717, 1.165) is 0 Å². The molecule has 0 spiro atoms. The smallest absolute Gasteiger partial charge is 0.129 e. The SMILES string of the molecule is O=CC[C@@H](O)c1ccccc1F. The van der Waals surface area contributed by atoms with E-state index in [9.17, 15) is 14.3 Å². The molecule has 0 fully saturated rings. The van der Waals surface area contributed by atoms with Gasteiger partial charge in [-0.25, -0.2) is 4.39 Å². The van der Waals surface area contributed by atoms with Crippen molar-refractivity contribution in [2.45, 2.75) is 12.5 Å². The Balaban J connectivity index is 2.86. The predicted molar refractivity (Wildman–Crippen MR) is 42.0 cm³/mol. The zero-order valence-electron chi connectivity index (χ0n) is 6.40. The number of aliphatic hydroxyl groups is 1. The first-order valence-electron chi connectivity index (χ1n) is 3.62. The lowest BCUT2D eigenvalue weighted by atomic mass is 10.1. The quantitative estimate of drug-likeness (QED) is 0.693. The van der Waals surface area contributed by atoms with E-state index in [-0.39, 0.29) is 12.0 Å². The number of aliphatic hydroxyl groups excluding tert-OH is 1. The lowest BCUT2D eigenvalue weighted by molar-refractivity contribution is -0.109. The van der Waals surface area contributed by atoms with E-state index in [1.165, 1.54) is 18.2 Å². The molecular weight excluding hydrogens is 159 g/mol. The molecule has 64 valence electrons. The fourth-order valence-electron chi connectivity index (χ4n) is 0.963. The number of benzene rings is 1. The van der Waals surface area contributed by atoms with Gasteiger partial charge >= 0.3 is 0 Å². The van der Waals surface area contributed by atoms with E-state index < -0.39 is 11.9 Å². The molecular formula is C9H9FO2. The number of carbonyl (C=O) groups excluding carboxylic acids is 1. The summed E-state index contributed by atoms with van der Waals surface area (Å²) in [6, 6.07) is 5.87. The summed E-state index contributed by atoms with van der Waals surface area (Å²) in [7, 11) is 0. The van der Waals surface area contributed by atoms with Crippen molar-refractivity contribution in [3.05, 3.63) is 35.6 Å². The van der Waals surface area contributed by atoms with Gasteiger partial charge in [0.1, 0.15) is 12.1 Å². The Bertz CT molecular complexity index is 273. The second kappa shape index (κ2) is 3.97. The average molecular weight is 168 g/mol. The highest BCUT2D eigenvalue weighted by molar-refractivity contribution is 5.51. The van der Waals surface area contributed by atoms with Crippen LogP contribution in [0.2, 0.25) is 0 Å². The number of rotatable bonds is 3. The van der Waals surface area contributed by atoms with Crippen molar-refractivity contribution >= 4 is 6.29 Å². The minimum absolute atomic E-state index is 0.0685. The fraction of sp³-hybridized carbons (Fsp3) is 0.222. The van der Waals surface area contributed by atoms with E-state index in [1.807, 2.05) is 0 Å². The third kappa shape index (κ3) is 1.89. The molecule has 0 bridgehead atoms. The molecule has 0 aliphatic rings. The molecule has 0 saturated carbocycles. The van der Waals surface area contributed by atoms with E-state index >= 15 is 0 Å². The Morgan fingerprint density at radius 3 is 2.75 bits per heavy atom. The first kappa shape index (κ1) is 8.87. The molecule has 1 atom stereocenters. The summed E-state index contributed by atoms with van der Waals surface area (Å²) in [4.78, 5) is 10.0. The molecule has 1 aromatic rings. The summed E-state index contributed by atoms with van der Waals surface area (Å²) in [5, 5.41) is 9.23. The van der Waals surface area contributed by atoms with Crippen LogP contribution < -0.4 is 0 Å². The molecule has 0 heterocycles. The monoisotopic (exact) mass is 168 g/mol. The number of halogens is 1. The largest absolute Gasteiger partial charge is 0.388 e. The molecule has 0 unspecified atom stereocenters. The van der Waals surface area contributed by atoms with Crippen LogP contribution in [0.3, 0.4) is 0 Å². The van der Waals surface area contributed by atoms with Gasteiger partial charge in [0, 0.05) is 12.0 Å². The third-order valence-electron chi connectivity index (χ3n) is 1.58. The summed E-state index contributed by atoms with van der Waals surface area (Å²) >= 11 is 0. The van der Waals surface area contributed by atoms with E-state index in [2.05, 4.69) is 0 Å². The highest BCUT2D eigenvalue weighted by atomic mass is 19.1. The average Bonchev–Trinajstić information content (AvgIpc) is 2.05. The van der Waals surface area contributed by atoms with Gasteiger partial charge in [0.15, 0.2) is 0 Å². The van der Waals surface area contributed by atoms with Gasteiger partial charge in [0.05, 0.1) is 6.10 Å². The van der Waals surface area contributed by atoms with E-state index in [0.29, 0.717) is 6.29 Å². The van der Waals surface area contributed by atoms with E-state index in [4.69, 9.17) is 0 Å². The highest BCUT2D eigenvalue weighted by Crippen LogP contribution is 2.18. The Labute approximate surface area is 69.6 Å². The third-order valence-corrected chi connectivity index (χ3v) is 1.58. The zero-order chi connectivity index (χ0) is 8.97. The maximum atomic E-state index is 12.9. The molecule has 0 radical (unpaired) electrons. The summed E-state index contributed by atoms with van der Waals surface area (Å²) in [6.07, 6.45) is -0.526. The number of aldehydes is 1. The standard InChI is InChI=1S/C9H9FO2/c10-8-4-2-1-3-7(8)9(12)5-6-11/h1-4,6,9,12H,5H2/t9-/m1/s1. The molecule has 0 aliphatic heterocycles. The minimum Gasteiger partial charge on any atom is -0.388 e. The van der Waals surface area contributed by atoms with Crippen molar-refractivity contribution in [1.82, 2.24) is 0 Å². The highest BCUT2D eigenvalue weighted by Gasteiger charge is 2.10. The van der Waals surface area contributed by atoms with Crippen LogP contribution in [-0.2, 0) is 4.79 Å². The Morgan fingerprint density at radius 2 is 2.17 bits per heavy atom. The lowest BCUT2D eigenvalue weighted by Crippen LogP contribution is -2.00. The van der Waals surface area contributed by atoms with Crippen LogP contribution in [0.25, 0.3) is 0 Å². The molecule has 1 rings (SSSR count). The minimum atomic E-state index is -1.02. The molecule has 0 aliphatic carbocycles. The van der Waals surface area contributed by atoms with Crippen LogP contribution in [0.15, 0.2) is 24.3 Å². The van der Waals surface area contributed by atoms with Crippen molar-refractivity contribution in [2.24, 2.45) is 0 Å². The van der Waals surface area contributed by atoms with Gasteiger partial charge in [0.2, 0.25) is 0 Å². The van der Waals surface area contributed by atoms with Gasteiger partial charge in [0.25, 0.3) is 0 Å². The Hall–Kier alpha value is -1.22. The number of hydrogen-bond donors (Lipinski definition) is 1. The number of hydrogen-bond acceptors (Lipinski definition) is 2. The van der Waals surface area contributed by atoms with E-state index in [1.54, 1.807) is 6.07 Å². The van der Waals surface area contributed by atoms with Crippen molar-refractivity contribution < 1.29 is 14.3 Å². The van der Waals surface area contributed by atoms with Gasteiger partial charge in [-0.15, -0.1) is 0 Å². The second-order valence-electron chi connectivity index (χ2n) is 2.44. The van der Waals surface area contributed by atoms with Crippen molar-refractivity contribution in [2.75, 3.05) is 0 Å². The maximum absolute atomic E-state index is 12.9. The van der Waals surface area contributed by atoms with Crippen LogP contribution in [0, 0.1) is 5.82 Å². The molecule has 2 nitrogen and oxygen atoms in total. The molecule has 0 saturated heterocycles. The first-order valence-corrected chi connectivity index (χ1v) is 3.62. The molecule has 0 aromatic heterocycles. The lowest BCUT2D eigenvalue weighted by Gasteiger charge is -2.07. The first-order chi connectivity index (χ1) is 5.75. The summed E-state index contributed by atoms with van der Waals surface area (Å²) < 4.78 is 12.9. The van der Waals surface area contributed by atoms with Crippen LogP contribution in [0.1, 0.15) is 18.1 Å². The van der Waals surface area contributed by atoms with Crippen LogP contribution >= 0.6 is 0 Å². The molecule has 1 N–H and O–H groups in total. The fourth-order valence-corrected chi connectivity index (χ4v) is 0.963. The van der Waals surface area contributed by atoms with Gasteiger partial charge in [-0.05, 0) is 6.07 Å². The number of carbonyl (C=O) groups is 1. The molecule has 3 heteroatoms. The van der Waals surface area contributed by atoms with Crippen molar-refractivity contribution in [3.63, 3.8) is 0 Å². The van der Waals surface area contributed by atoms with Gasteiger partial charge < -0.3 is 9.90 Å². The van der Waals surface area contributed by atoms with Crippen LogP contribution in [-0.4, -0.2) is 11.4 Å². The van der Waals surface area contributed by atoms with Crippen molar-refractivity contribution in [3.8, 4) is 0 Å². The van der Waals surface area contributed by atoms with Gasteiger partial charge in [-0.3, -0.25) is 0 Å². The summed E-state index contributed by atoms with van der Waals surface area (Å²) in [6.45, 7) is 0. The Morgan fingerprint density at radius 1 is 1.50 bits per heavy atom. The second-order valence-corrected chi connectivity index (χ2v) is 2.44. The molecule has 0 amide bonds.